The van der Waals surface area contributed by atoms with Gasteiger partial charge in [-0.1, -0.05) is 18.2 Å². The molecular weight excluding hydrogens is 328 g/mol. The Hall–Kier alpha value is -2.07. The van der Waals surface area contributed by atoms with Crippen LogP contribution in [0.25, 0.3) is 10.9 Å². The number of anilines is 1. The topological polar surface area (TPSA) is 34.1 Å². The average Bonchev–Trinajstić information content (AvgIpc) is 2.53. The van der Waals surface area contributed by atoms with Crippen LogP contribution in [0.15, 0.2) is 65.3 Å². The molecule has 1 N–H and O–H groups in total. The molecule has 0 radical (unpaired) electrons. The van der Waals surface area contributed by atoms with Gasteiger partial charge in [-0.25, -0.2) is 0 Å². The van der Waals surface area contributed by atoms with Gasteiger partial charge in [0.05, 0.1) is 5.52 Å². The first kappa shape index (κ1) is 13.9. The highest BCUT2D eigenvalue weighted by atomic mass is 79.9. The third-order valence-electron chi connectivity index (χ3n) is 3.14. The number of aromatic nitrogens is 1. The van der Waals surface area contributed by atoms with E-state index in [4.69, 9.17) is 4.74 Å². The number of nitrogens with one attached hydrogen (secondary N) is 1. The van der Waals surface area contributed by atoms with Crippen LogP contribution in [0.1, 0.15) is 0 Å². The summed E-state index contributed by atoms with van der Waals surface area (Å²) in [5, 5.41) is 4.45. The van der Waals surface area contributed by atoms with Gasteiger partial charge >= 0.3 is 0 Å². The Kier molecular flexibility index (Phi) is 4.36. The van der Waals surface area contributed by atoms with Crippen LogP contribution >= 0.6 is 15.9 Å². The molecule has 106 valence electrons. The van der Waals surface area contributed by atoms with Crippen molar-refractivity contribution in [3.63, 3.8) is 0 Å². The zero-order chi connectivity index (χ0) is 14.5. The number of rotatable bonds is 5. The van der Waals surface area contributed by atoms with E-state index in [9.17, 15) is 0 Å². The van der Waals surface area contributed by atoms with Crippen molar-refractivity contribution in [3.05, 3.63) is 65.3 Å². The van der Waals surface area contributed by atoms with E-state index < -0.39 is 0 Å². The van der Waals surface area contributed by atoms with Crippen molar-refractivity contribution >= 4 is 32.5 Å². The van der Waals surface area contributed by atoms with Crippen LogP contribution in [0.4, 0.5) is 5.69 Å². The fraction of sp³-hybridized carbons (Fsp3) is 0.118. The van der Waals surface area contributed by atoms with Crippen molar-refractivity contribution in [1.29, 1.82) is 0 Å². The maximum Gasteiger partial charge on any atom is 0.121 e. The average molecular weight is 343 g/mol. The molecule has 21 heavy (non-hydrogen) atoms. The fourth-order valence-corrected chi connectivity index (χ4v) is 2.52. The predicted octanol–water partition coefficient (Wildman–Crippen LogP) is 4.49. The van der Waals surface area contributed by atoms with Gasteiger partial charge in [0, 0.05) is 34.4 Å². The van der Waals surface area contributed by atoms with Crippen molar-refractivity contribution in [1.82, 2.24) is 4.98 Å². The van der Waals surface area contributed by atoms with E-state index in [1.165, 1.54) is 0 Å². The summed E-state index contributed by atoms with van der Waals surface area (Å²) in [5.74, 6) is 0.843. The first-order chi connectivity index (χ1) is 10.3. The van der Waals surface area contributed by atoms with Crippen molar-refractivity contribution in [3.8, 4) is 5.75 Å². The van der Waals surface area contributed by atoms with E-state index in [2.05, 4.69) is 26.2 Å². The second-order valence-corrected chi connectivity index (χ2v) is 5.47. The van der Waals surface area contributed by atoms with E-state index >= 15 is 0 Å². The molecule has 0 unspecified atom stereocenters. The maximum absolute atomic E-state index is 5.76. The summed E-state index contributed by atoms with van der Waals surface area (Å²) in [4.78, 5) is 4.33. The second kappa shape index (κ2) is 6.59. The molecule has 0 fully saturated rings. The van der Waals surface area contributed by atoms with Crippen LogP contribution in [-0.4, -0.2) is 18.1 Å². The number of ether oxygens (including phenoxy) is 1. The molecule has 0 aliphatic heterocycles. The van der Waals surface area contributed by atoms with Crippen LogP contribution in [0.3, 0.4) is 0 Å². The minimum absolute atomic E-state index is 0.597. The lowest BCUT2D eigenvalue weighted by atomic mass is 10.2. The number of hydrogen-bond donors (Lipinski definition) is 1. The smallest absolute Gasteiger partial charge is 0.121 e. The highest BCUT2D eigenvalue weighted by Crippen LogP contribution is 2.21. The quantitative estimate of drug-likeness (QED) is 0.693. The zero-order valence-electron chi connectivity index (χ0n) is 11.4. The van der Waals surface area contributed by atoms with E-state index in [-0.39, 0.29) is 0 Å². The number of fused-ring (bicyclic) bond motifs is 1. The normalized spacial score (nSPS) is 10.5. The first-order valence-corrected chi connectivity index (χ1v) is 7.58. The Bertz CT molecular complexity index is 745. The molecule has 0 bridgehead atoms. The SMILES string of the molecule is Brc1ccccc1NCCOc1ccc2cccnc2c1. The van der Waals surface area contributed by atoms with Gasteiger partial charge in [-0.3, -0.25) is 4.98 Å². The molecule has 0 aliphatic rings. The van der Waals surface area contributed by atoms with Gasteiger partial charge in [0.2, 0.25) is 0 Å². The lowest BCUT2D eigenvalue weighted by Gasteiger charge is -2.10. The summed E-state index contributed by atoms with van der Waals surface area (Å²) < 4.78 is 6.81. The molecule has 0 amide bonds. The minimum Gasteiger partial charge on any atom is -0.492 e. The van der Waals surface area contributed by atoms with Crippen LogP contribution in [0, 0.1) is 0 Å². The molecule has 0 aliphatic carbocycles. The van der Waals surface area contributed by atoms with Crippen molar-refractivity contribution in [2.75, 3.05) is 18.5 Å². The Balaban J connectivity index is 1.56. The summed E-state index contributed by atoms with van der Waals surface area (Å²) in [5.41, 5.74) is 2.02. The van der Waals surface area contributed by atoms with E-state index in [1.54, 1.807) is 6.20 Å². The first-order valence-electron chi connectivity index (χ1n) is 6.79. The molecule has 4 heteroatoms. The predicted molar refractivity (Wildman–Crippen MR) is 89.9 cm³/mol. The summed E-state index contributed by atoms with van der Waals surface area (Å²) in [6, 6.07) is 18.0. The molecule has 3 rings (SSSR count). The number of nitrogens with zero attached hydrogens (tertiary/aromatic N) is 1. The standard InChI is InChI=1S/C17H15BrN2O/c18-15-5-1-2-6-16(15)20-10-11-21-14-8-7-13-4-3-9-19-17(13)12-14/h1-9,12,20H,10-11H2. The Morgan fingerprint density at radius 1 is 1.05 bits per heavy atom. The van der Waals surface area contributed by atoms with Gasteiger partial charge in [-0.05, 0) is 46.3 Å². The van der Waals surface area contributed by atoms with Gasteiger partial charge in [0.1, 0.15) is 12.4 Å². The van der Waals surface area contributed by atoms with Crippen molar-refractivity contribution in [2.24, 2.45) is 0 Å². The fourth-order valence-electron chi connectivity index (χ4n) is 2.10. The molecule has 1 heterocycles. The van der Waals surface area contributed by atoms with Crippen LogP contribution < -0.4 is 10.1 Å². The van der Waals surface area contributed by atoms with E-state index in [1.807, 2.05) is 54.6 Å². The molecule has 0 saturated heterocycles. The molecule has 0 saturated carbocycles. The number of hydrogen-bond acceptors (Lipinski definition) is 3. The molecule has 0 spiro atoms. The Morgan fingerprint density at radius 3 is 2.86 bits per heavy atom. The van der Waals surface area contributed by atoms with Gasteiger partial charge in [0.15, 0.2) is 0 Å². The molecule has 3 aromatic rings. The highest BCUT2D eigenvalue weighted by Gasteiger charge is 1.99. The lowest BCUT2D eigenvalue weighted by Crippen LogP contribution is -2.11. The summed E-state index contributed by atoms with van der Waals surface area (Å²) in [6.45, 7) is 1.34. The largest absolute Gasteiger partial charge is 0.492 e. The van der Waals surface area contributed by atoms with E-state index in [0.717, 1.165) is 33.4 Å². The van der Waals surface area contributed by atoms with Crippen molar-refractivity contribution in [2.45, 2.75) is 0 Å². The number of pyridine rings is 1. The lowest BCUT2D eigenvalue weighted by molar-refractivity contribution is 0.333. The number of benzene rings is 2. The third kappa shape index (κ3) is 3.52. The van der Waals surface area contributed by atoms with Gasteiger partial charge in [0.25, 0.3) is 0 Å². The monoisotopic (exact) mass is 342 g/mol. The van der Waals surface area contributed by atoms with Crippen molar-refractivity contribution < 1.29 is 4.74 Å². The molecule has 0 atom stereocenters. The molecule has 2 aromatic carbocycles. The van der Waals surface area contributed by atoms with Crippen LogP contribution in [0.2, 0.25) is 0 Å². The van der Waals surface area contributed by atoms with Gasteiger partial charge in [-0.15, -0.1) is 0 Å². The summed E-state index contributed by atoms with van der Waals surface area (Å²) >= 11 is 3.51. The minimum atomic E-state index is 0.597. The zero-order valence-corrected chi connectivity index (χ0v) is 13.0. The number of halogens is 1. The Labute approximate surface area is 132 Å². The summed E-state index contributed by atoms with van der Waals surface area (Å²) in [7, 11) is 0. The third-order valence-corrected chi connectivity index (χ3v) is 3.83. The molecule has 3 nitrogen and oxygen atoms in total. The van der Waals surface area contributed by atoms with Gasteiger partial charge < -0.3 is 10.1 Å². The second-order valence-electron chi connectivity index (χ2n) is 4.61. The number of para-hydroxylation sites is 1. The highest BCUT2D eigenvalue weighted by molar-refractivity contribution is 9.10. The van der Waals surface area contributed by atoms with Crippen LogP contribution in [-0.2, 0) is 0 Å². The van der Waals surface area contributed by atoms with Gasteiger partial charge in [-0.2, -0.15) is 0 Å². The Morgan fingerprint density at radius 2 is 1.95 bits per heavy atom. The molecular formula is C17H15BrN2O. The van der Waals surface area contributed by atoms with E-state index in [0.29, 0.717) is 6.61 Å². The summed E-state index contributed by atoms with van der Waals surface area (Å²) in [6.07, 6.45) is 1.79. The van der Waals surface area contributed by atoms with Crippen LogP contribution in [0.5, 0.6) is 5.75 Å². The molecule has 1 aromatic heterocycles. The maximum atomic E-state index is 5.76.